The number of rotatable bonds is 8. The molecule has 0 spiro atoms. The molecule has 140 valence electrons. The van der Waals surface area contributed by atoms with Crippen molar-refractivity contribution in [2.45, 2.75) is 32.0 Å². The molecule has 2 amide bonds. The van der Waals surface area contributed by atoms with Crippen LogP contribution in [0.1, 0.15) is 20.8 Å². The molecule has 7 nitrogen and oxygen atoms in total. The van der Waals surface area contributed by atoms with Crippen LogP contribution in [0.3, 0.4) is 0 Å². The zero-order valence-electron chi connectivity index (χ0n) is 15.0. The van der Waals surface area contributed by atoms with Crippen molar-refractivity contribution in [1.29, 1.82) is 0 Å². The minimum atomic E-state index is -0.402. The van der Waals surface area contributed by atoms with Crippen molar-refractivity contribution in [3.05, 3.63) is 36.4 Å². The van der Waals surface area contributed by atoms with Gasteiger partial charge in [-0.05, 0) is 32.9 Å². The van der Waals surface area contributed by atoms with Crippen LogP contribution in [-0.2, 0) is 9.59 Å². The summed E-state index contributed by atoms with van der Waals surface area (Å²) in [6, 6.07) is 6.29. The number of carbonyl (C=O) groups is 2. The molecule has 0 bridgehead atoms. The number of halogens is 1. The minimum absolute atomic E-state index is 0.00801. The molecule has 0 aliphatic heterocycles. The first kappa shape index (κ1) is 19.9. The number of likely N-dealkylation sites (N-methyl/N-ethyl adjacent to an activating group) is 1. The third kappa shape index (κ3) is 5.29. The number of benzene rings is 1. The number of hydrogen-bond donors (Lipinski definition) is 1. The third-order valence-electron chi connectivity index (χ3n) is 3.47. The van der Waals surface area contributed by atoms with Crippen molar-refractivity contribution < 1.29 is 14.0 Å². The lowest BCUT2D eigenvalue weighted by Crippen LogP contribution is -2.43. The monoisotopic (exact) mass is 379 g/mol. The lowest BCUT2D eigenvalue weighted by molar-refractivity contribution is -0.134. The quantitative estimate of drug-likeness (QED) is 0.709. The van der Waals surface area contributed by atoms with Gasteiger partial charge < -0.3 is 10.2 Å². The topological polar surface area (TPSA) is 80.1 Å². The molecule has 0 radical (unpaired) electrons. The van der Waals surface area contributed by atoms with Gasteiger partial charge in [0.25, 0.3) is 0 Å². The van der Waals surface area contributed by atoms with E-state index in [0.29, 0.717) is 17.4 Å². The van der Waals surface area contributed by atoms with Gasteiger partial charge in [0.1, 0.15) is 12.1 Å². The fourth-order valence-corrected chi connectivity index (χ4v) is 3.09. The predicted molar refractivity (Wildman–Crippen MR) is 97.6 cm³/mol. The summed E-state index contributed by atoms with van der Waals surface area (Å²) in [5, 5.41) is 10.9. The highest BCUT2D eigenvalue weighted by Crippen LogP contribution is 2.21. The molecule has 1 aromatic heterocycles. The van der Waals surface area contributed by atoms with Crippen LogP contribution in [0.5, 0.6) is 0 Å². The SMILES string of the molecule is CCN(CC(=O)NC(C)C)C(=O)CSc1nncn1-c1ccccc1F. The number of nitrogens with one attached hydrogen (secondary N) is 1. The summed E-state index contributed by atoms with van der Waals surface area (Å²) in [6.45, 7) is 5.97. The zero-order valence-corrected chi connectivity index (χ0v) is 15.8. The van der Waals surface area contributed by atoms with Gasteiger partial charge in [0, 0.05) is 12.6 Å². The van der Waals surface area contributed by atoms with Crippen molar-refractivity contribution in [3.63, 3.8) is 0 Å². The molecule has 0 fully saturated rings. The Balaban J connectivity index is 2.00. The second-order valence-corrected chi connectivity index (χ2v) is 6.80. The number of hydrogen-bond acceptors (Lipinski definition) is 5. The van der Waals surface area contributed by atoms with E-state index in [1.165, 1.54) is 21.9 Å². The normalized spacial score (nSPS) is 10.8. The van der Waals surface area contributed by atoms with Gasteiger partial charge >= 0.3 is 0 Å². The third-order valence-corrected chi connectivity index (χ3v) is 4.40. The molecule has 0 aliphatic rings. The summed E-state index contributed by atoms with van der Waals surface area (Å²) in [6.07, 6.45) is 1.40. The highest BCUT2D eigenvalue weighted by molar-refractivity contribution is 7.99. The van der Waals surface area contributed by atoms with E-state index in [2.05, 4.69) is 15.5 Å². The van der Waals surface area contributed by atoms with Gasteiger partial charge in [-0.1, -0.05) is 23.9 Å². The summed E-state index contributed by atoms with van der Waals surface area (Å²) in [5.41, 5.74) is 0.316. The second kappa shape index (κ2) is 9.33. The Morgan fingerprint density at radius 1 is 1.35 bits per heavy atom. The van der Waals surface area contributed by atoms with Crippen LogP contribution in [0, 0.1) is 5.82 Å². The lowest BCUT2D eigenvalue weighted by atomic mass is 10.3. The number of thioether (sulfide) groups is 1. The van der Waals surface area contributed by atoms with Gasteiger partial charge in [0.05, 0.1) is 18.0 Å². The van der Waals surface area contributed by atoms with Gasteiger partial charge in [-0.15, -0.1) is 10.2 Å². The predicted octanol–water partition coefficient (Wildman–Crippen LogP) is 1.87. The molecule has 1 N–H and O–H groups in total. The molecule has 0 saturated heterocycles. The van der Waals surface area contributed by atoms with Crippen molar-refractivity contribution in [2.24, 2.45) is 0 Å². The summed E-state index contributed by atoms with van der Waals surface area (Å²) in [7, 11) is 0. The van der Waals surface area contributed by atoms with E-state index < -0.39 is 5.82 Å². The van der Waals surface area contributed by atoms with E-state index in [0.717, 1.165) is 11.8 Å². The summed E-state index contributed by atoms with van der Waals surface area (Å²) >= 11 is 1.15. The van der Waals surface area contributed by atoms with Crippen LogP contribution in [-0.4, -0.2) is 56.4 Å². The molecule has 0 aliphatic carbocycles. The van der Waals surface area contributed by atoms with E-state index in [1.807, 2.05) is 20.8 Å². The van der Waals surface area contributed by atoms with E-state index in [4.69, 9.17) is 0 Å². The van der Waals surface area contributed by atoms with Crippen molar-refractivity contribution in [3.8, 4) is 5.69 Å². The van der Waals surface area contributed by atoms with Gasteiger partial charge in [-0.2, -0.15) is 0 Å². The highest BCUT2D eigenvalue weighted by atomic mass is 32.2. The Hall–Kier alpha value is -2.42. The standard InChI is InChI=1S/C17H22FN5O2S/c1-4-22(9-15(24)20-12(2)3)16(25)10-26-17-21-19-11-23(17)14-8-6-5-7-13(14)18/h5-8,11-12H,4,9-10H2,1-3H3,(H,20,24). The van der Waals surface area contributed by atoms with Gasteiger partial charge in [0.2, 0.25) is 11.8 Å². The molecule has 2 aromatic rings. The average Bonchev–Trinajstić information content (AvgIpc) is 3.05. The fraction of sp³-hybridized carbons (Fsp3) is 0.412. The van der Waals surface area contributed by atoms with Crippen molar-refractivity contribution >= 4 is 23.6 Å². The molecular weight excluding hydrogens is 357 g/mol. The largest absolute Gasteiger partial charge is 0.352 e. The Bertz CT molecular complexity index is 765. The molecule has 0 unspecified atom stereocenters. The van der Waals surface area contributed by atoms with Crippen molar-refractivity contribution in [2.75, 3.05) is 18.8 Å². The molecule has 1 heterocycles. The van der Waals surface area contributed by atoms with Gasteiger partial charge in [0.15, 0.2) is 5.16 Å². The highest BCUT2D eigenvalue weighted by Gasteiger charge is 2.18. The molecule has 0 atom stereocenters. The Morgan fingerprint density at radius 3 is 2.73 bits per heavy atom. The maximum absolute atomic E-state index is 14.0. The Labute approximate surface area is 156 Å². The van der Waals surface area contributed by atoms with Crippen LogP contribution < -0.4 is 5.32 Å². The summed E-state index contributed by atoms with van der Waals surface area (Å²) in [4.78, 5) is 25.7. The maximum atomic E-state index is 14.0. The van der Waals surface area contributed by atoms with Gasteiger partial charge in [-0.25, -0.2) is 4.39 Å². The number of para-hydroxylation sites is 1. The van der Waals surface area contributed by atoms with E-state index in [-0.39, 0.29) is 30.2 Å². The van der Waals surface area contributed by atoms with Gasteiger partial charge in [-0.3, -0.25) is 14.2 Å². The summed E-state index contributed by atoms with van der Waals surface area (Å²) < 4.78 is 15.5. The minimum Gasteiger partial charge on any atom is -0.352 e. The number of nitrogens with zero attached hydrogens (tertiary/aromatic N) is 4. The first-order valence-electron chi connectivity index (χ1n) is 8.27. The summed E-state index contributed by atoms with van der Waals surface area (Å²) in [5.74, 6) is -0.717. The van der Waals surface area contributed by atoms with Crippen molar-refractivity contribution in [1.82, 2.24) is 25.0 Å². The van der Waals surface area contributed by atoms with Crippen LogP contribution in [0.2, 0.25) is 0 Å². The Kier molecular flexibility index (Phi) is 7.14. The number of aromatic nitrogens is 3. The second-order valence-electron chi connectivity index (χ2n) is 5.85. The molecule has 2 rings (SSSR count). The van der Waals surface area contributed by atoms with E-state index in [1.54, 1.807) is 18.2 Å². The van der Waals surface area contributed by atoms with Crippen LogP contribution in [0.4, 0.5) is 4.39 Å². The molecule has 0 saturated carbocycles. The smallest absolute Gasteiger partial charge is 0.239 e. The first-order chi connectivity index (χ1) is 12.4. The molecule has 9 heteroatoms. The number of carbonyl (C=O) groups excluding carboxylic acids is 2. The van der Waals surface area contributed by atoms with E-state index >= 15 is 0 Å². The maximum Gasteiger partial charge on any atom is 0.239 e. The lowest BCUT2D eigenvalue weighted by Gasteiger charge is -2.21. The first-order valence-corrected chi connectivity index (χ1v) is 9.25. The van der Waals surface area contributed by atoms with Crippen LogP contribution in [0.25, 0.3) is 5.69 Å². The fourth-order valence-electron chi connectivity index (χ4n) is 2.27. The Morgan fingerprint density at radius 2 is 2.08 bits per heavy atom. The molecule has 1 aromatic carbocycles. The molecular formula is C17H22FN5O2S. The van der Waals surface area contributed by atoms with Crippen LogP contribution in [0.15, 0.2) is 35.7 Å². The molecule has 26 heavy (non-hydrogen) atoms. The number of amides is 2. The van der Waals surface area contributed by atoms with Crippen LogP contribution >= 0.6 is 11.8 Å². The van der Waals surface area contributed by atoms with E-state index in [9.17, 15) is 14.0 Å². The zero-order chi connectivity index (χ0) is 19.1. The average molecular weight is 379 g/mol.